The average molecular weight is 211 g/mol. The van der Waals surface area contributed by atoms with Gasteiger partial charge in [-0.2, -0.15) is 0 Å². The number of nitrogens with zero attached hydrogens (tertiary/aromatic N) is 2. The van der Waals surface area contributed by atoms with Gasteiger partial charge < -0.3 is 10.2 Å². The summed E-state index contributed by atoms with van der Waals surface area (Å²) in [4.78, 5) is 5.11. The molecule has 2 saturated heterocycles. The Hall–Kier alpha value is -0.120. The van der Waals surface area contributed by atoms with Crippen molar-refractivity contribution in [1.82, 2.24) is 15.1 Å². The van der Waals surface area contributed by atoms with Crippen LogP contribution >= 0.6 is 0 Å². The molecule has 2 rings (SSSR count). The lowest BCUT2D eigenvalue weighted by atomic mass is 10.1. The summed E-state index contributed by atoms with van der Waals surface area (Å²) in [6, 6.07) is 1.61. The molecule has 2 aliphatic heterocycles. The fourth-order valence-electron chi connectivity index (χ4n) is 2.91. The lowest BCUT2D eigenvalue weighted by molar-refractivity contribution is 0.167. The monoisotopic (exact) mass is 211 g/mol. The second kappa shape index (κ2) is 5.28. The molecule has 0 aromatic rings. The third-order valence-electron chi connectivity index (χ3n) is 4.11. The molecule has 88 valence electrons. The Morgan fingerprint density at radius 1 is 1.13 bits per heavy atom. The van der Waals surface area contributed by atoms with E-state index in [0.717, 1.165) is 12.1 Å². The summed E-state index contributed by atoms with van der Waals surface area (Å²) in [7, 11) is 4.58. The highest BCUT2D eigenvalue weighted by Gasteiger charge is 2.26. The van der Waals surface area contributed by atoms with Crippen LogP contribution in [0.4, 0.5) is 0 Å². The molecule has 2 heterocycles. The molecular formula is C12H25N3. The topological polar surface area (TPSA) is 18.5 Å². The van der Waals surface area contributed by atoms with E-state index in [1.54, 1.807) is 0 Å². The van der Waals surface area contributed by atoms with E-state index in [4.69, 9.17) is 0 Å². The van der Waals surface area contributed by atoms with Gasteiger partial charge in [0.1, 0.15) is 0 Å². The zero-order valence-corrected chi connectivity index (χ0v) is 10.2. The molecule has 1 N–H and O–H groups in total. The predicted octanol–water partition coefficient (Wildman–Crippen LogP) is 0.764. The molecule has 0 bridgehead atoms. The van der Waals surface area contributed by atoms with Gasteiger partial charge in [0.2, 0.25) is 0 Å². The van der Waals surface area contributed by atoms with Gasteiger partial charge in [-0.15, -0.1) is 0 Å². The first-order chi connectivity index (χ1) is 7.27. The van der Waals surface area contributed by atoms with Crippen molar-refractivity contribution in [2.45, 2.75) is 37.8 Å². The summed E-state index contributed by atoms with van der Waals surface area (Å²) in [6.07, 6.45) is 5.44. The first-order valence-electron chi connectivity index (χ1n) is 6.38. The minimum atomic E-state index is 0.790. The van der Waals surface area contributed by atoms with Crippen molar-refractivity contribution < 1.29 is 0 Å². The normalized spacial score (nSPS) is 34.6. The molecule has 2 unspecified atom stereocenters. The molecule has 0 saturated carbocycles. The second-order valence-electron chi connectivity index (χ2n) is 5.20. The fraction of sp³-hybridized carbons (Fsp3) is 1.00. The van der Waals surface area contributed by atoms with Crippen molar-refractivity contribution in [2.75, 3.05) is 40.3 Å². The summed E-state index contributed by atoms with van der Waals surface area (Å²) in [5.41, 5.74) is 0. The maximum Gasteiger partial charge on any atom is 0.0232 e. The number of hydrogen-bond acceptors (Lipinski definition) is 3. The van der Waals surface area contributed by atoms with E-state index in [1.807, 2.05) is 0 Å². The van der Waals surface area contributed by atoms with E-state index in [1.165, 1.54) is 51.9 Å². The van der Waals surface area contributed by atoms with Crippen molar-refractivity contribution in [3.05, 3.63) is 0 Å². The molecule has 2 aliphatic rings. The number of rotatable bonds is 2. The molecule has 15 heavy (non-hydrogen) atoms. The summed E-state index contributed by atoms with van der Waals surface area (Å²) >= 11 is 0. The minimum absolute atomic E-state index is 0.790. The molecule has 0 radical (unpaired) electrons. The van der Waals surface area contributed by atoms with Crippen LogP contribution in [0.2, 0.25) is 0 Å². The Morgan fingerprint density at radius 2 is 2.00 bits per heavy atom. The van der Waals surface area contributed by atoms with Crippen LogP contribution in [0.15, 0.2) is 0 Å². The maximum atomic E-state index is 3.46. The molecule has 3 nitrogen and oxygen atoms in total. The second-order valence-corrected chi connectivity index (χ2v) is 5.20. The van der Waals surface area contributed by atoms with Gasteiger partial charge in [-0.05, 0) is 59.4 Å². The largest absolute Gasteiger partial charge is 0.315 e. The van der Waals surface area contributed by atoms with Crippen molar-refractivity contribution in [3.63, 3.8) is 0 Å². The Morgan fingerprint density at radius 3 is 2.73 bits per heavy atom. The van der Waals surface area contributed by atoms with Gasteiger partial charge in [-0.3, -0.25) is 4.90 Å². The number of likely N-dealkylation sites (tertiary alicyclic amines) is 1. The van der Waals surface area contributed by atoms with Crippen LogP contribution in [0.1, 0.15) is 25.7 Å². The van der Waals surface area contributed by atoms with Crippen LogP contribution in [0, 0.1) is 0 Å². The molecule has 0 aromatic carbocycles. The van der Waals surface area contributed by atoms with Crippen LogP contribution in [0.5, 0.6) is 0 Å². The van der Waals surface area contributed by atoms with E-state index in [0.29, 0.717) is 0 Å². The number of nitrogens with one attached hydrogen (secondary N) is 1. The van der Waals surface area contributed by atoms with Crippen LogP contribution in [-0.2, 0) is 0 Å². The molecule has 0 amide bonds. The molecule has 0 spiro atoms. The van der Waals surface area contributed by atoms with Gasteiger partial charge >= 0.3 is 0 Å². The first-order valence-corrected chi connectivity index (χ1v) is 6.38. The van der Waals surface area contributed by atoms with Crippen LogP contribution < -0.4 is 5.32 Å². The summed E-state index contributed by atoms with van der Waals surface area (Å²) in [5.74, 6) is 0. The molecule has 2 atom stereocenters. The maximum absolute atomic E-state index is 3.46. The van der Waals surface area contributed by atoms with E-state index in [9.17, 15) is 0 Å². The molecular weight excluding hydrogens is 186 g/mol. The third kappa shape index (κ3) is 2.92. The van der Waals surface area contributed by atoms with Gasteiger partial charge in [-0.1, -0.05) is 0 Å². The van der Waals surface area contributed by atoms with Crippen LogP contribution in [0.25, 0.3) is 0 Å². The highest BCUT2D eigenvalue weighted by Crippen LogP contribution is 2.19. The van der Waals surface area contributed by atoms with E-state index in [-0.39, 0.29) is 0 Å². The van der Waals surface area contributed by atoms with Gasteiger partial charge in [0.15, 0.2) is 0 Å². The average Bonchev–Trinajstić information content (AvgIpc) is 2.67. The van der Waals surface area contributed by atoms with Gasteiger partial charge in [0.25, 0.3) is 0 Å². The molecule has 0 aliphatic carbocycles. The van der Waals surface area contributed by atoms with Gasteiger partial charge in [-0.25, -0.2) is 0 Å². The summed E-state index contributed by atoms with van der Waals surface area (Å²) < 4.78 is 0. The van der Waals surface area contributed by atoms with Crippen molar-refractivity contribution in [1.29, 1.82) is 0 Å². The van der Waals surface area contributed by atoms with Crippen molar-refractivity contribution in [3.8, 4) is 0 Å². The number of hydrogen-bond donors (Lipinski definition) is 1. The first kappa shape index (κ1) is 11.4. The van der Waals surface area contributed by atoms with E-state index in [2.05, 4.69) is 29.2 Å². The highest BCUT2D eigenvalue weighted by atomic mass is 15.2. The van der Waals surface area contributed by atoms with E-state index < -0.39 is 0 Å². The lowest BCUT2D eigenvalue weighted by Gasteiger charge is -2.32. The van der Waals surface area contributed by atoms with Crippen LogP contribution in [0.3, 0.4) is 0 Å². The predicted molar refractivity (Wildman–Crippen MR) is 64.2 cm³/mol. The third-order valence-corrected chi connectivity index (χ3v) is 4.11. The van der Waals surface area contributed by atoms with Gasteiger partial charge in [0, 0.05) is 18.6 Å². The molecule has 3 heteroatoms. The van der Waals surface area contributed by atoms with Crippen LogP contribution in [-0.4, -0.2) is 62.2 Å². The zero-order chi connectivity index (χ0) is 10.7. The van der Waals surface area contributed by atoms with E-state index >= 15 is 0 Å². The Bertz CT molecular complexity index is 189. The summed E-state index contributed by atoms with van der Waals surface area (Å²) in [5, 5.41) is 3.46. The van der Waals surface area contributed by atoms with Crippen molar-refractivity contribution in [2.24, 2.45) is 0 Å². The highest BCUT2D eigenvalue weighted by molar-refractivity contribution is 4.84. The lowest BCUT2D eigenvalue weighted by Crippen LogP contribution is -2.41. The van der Waals surface area contributed by atoms with Gasteiger partial charge in [0.05, 0.1) is 0 Å². The SMILES string of the molecule is CN1CCCC(N(C)C2CCNC2)CC1. The van der Waals surface area contributed by atoms with Crippen molar-refractivity contribution >= 4 is 0 Å². The standard InChI is InChI=1S/C12H25N3/c1-14-8-3-4-11(6-9-14)15(2)12-5-7-13-10-12/h11-13H,3-10H2,1-2H3. The Kier molecular flexibility index (Phi) is 4.00. The number of likely N-dealkylation sites (N-methyl/N-ethyl adjacent to an activating group) is 1. The quantitative estimate of drug-likeness (QED) is 0.728. The molecule has 0 aromatic heterocycles. The molecule has 2 fully saturated rings. The Labute approximate surface area is 93.8 Å². The smallest absolute Gasteiger partial charge is 0.0232 e. The zero-order valence-electron chi connectivity index (χ0n) is 10.2. The summed E-state index contributed by atoms with van der Waals surface area (Å²) in [6.45, 7) is 4.97. The Balaban J connectivity index is 1.85. The minimum Gasteiger partial charge on any atom is -0.315 e. The fourth-order valence-corrected chi connectivity index (χ4v) is 2.91.